The van der Waals surface area contributed by atoms with Crippen molar-refractivity contribution in [1.82, 2.24) is 44.4 Å². The quantitative estimate of drug-likeness (QED) is 0.280. The third kappa shape index (κ3) is 2.86. The summed E-state index contributed by atoms with van der Waals surface area (Å²) in [7, 11) is 0. The fourth-order valence-corrected chi connectivity index (χ4v) is 3.69. The van der Waals surface area contributed by atoms with Crippen LogP contribution in [0.25, 0.3) is 22.3 Å². The highest BCUT2D eigenvalue weighted by molar-refractivity contribution is 6.33. The molecular formula is C16H17ClN10O3. The molecule has 5 heterocycles. The van der Waals surface area contributed by atoms with Gasteiger partial charge in [0.15, 0.2) is 28.0 Å². The van der Waals surface area contributed by atoms with Crippen LogP contribution < -0.4 is 11.1 Å². The maximum atomic E-state index is 11.1. The van der Waals surface area contributed by atoms with Gasteiger partial charge in [-0.15, -0.1) is 0 Å². The molecule has 3 unspecified atom stereocenters. The highest BCUT2D eigenvalue weighted by Crippen LogP contribution is 2.32. The van der Waals surface area contributed by atoms with Crippen LogP contribution in [0.1, 0.15) is 0 Å². The SMILES string of the molecule is Nc1ncnc2c1ncn2C1(O)COC(CNCn2cnc3c(Cl)ncnc32)C1O. The number of nitrogens with two attached hydrogens (primary N) is 1. The minimum atomic E-state index is -1.75. The molecule has 1 fully saturated rings. The number of aliphatic hydroxyl groups is 2. The van der Waals surface area contributed by atoms with Crippen molar-refractivity contribution < 1.29 is 14.9 Å². The molecule has 1 aliphatic rings. The first-order valence-corrected chi connectivity index (χ1v) is 9.35. The van der Waals surface area contributed by atoms with Gasteiger partial charge >= 0.3 is 0 Å². The first-order chi connectivity index (χ1) is 14.5. The number of ether oxygens (including phenoxy) is 1. The second-order valence-corrected chi connectivity index (χ2v) is 7.24. The van der Waals surface area contributed by atoms with E-state index in [4.69, 9.17) is 22.1 Å². The van der Waals surface area contributed by atoms with Crippen molar-refractivity contribution in [1.29, 1.82) is 0 Å². The molecule has 4 aromatic heterocycles. The Bertz CT molecular complexity index is 1230. The van der Waals surface area contributed by atoms with E-state index in [0.717, 1.165) is 0 Å². The van der Waals surface area contributed by atoms with Crippen LogP contribution >= 0.6 is 11.6 Å². The summed E-state index contributed by atoms with van der Waals surface area (Å²) in [4.78, 5) is 24.4. The average Bonchev–Trinajstić information content (AvgIpc) is 3.42. The number of hydrogen-bond acceptors (Lipinski definition) is 11. The fourth-order valence-electron chi connectivity index (χ4n) is 3.52. The Balaban J connectivity index is 1.30. The lowest BCUT2D eigenvalue weighted by Crippen LogP contribution is -2.48. The molecule has 14 heteroatoms. The molecule has 0 aromatic carbocycles. The molecule has 0 spiro atoms. The number of nitrogens with one attached hydrogen (secondary N) is 1. The van der Waals surface area contributed by atoms with Crippen LogP contribution in [0.5, 0.6) is 0 Å². The van der Waals surface area contributed by atoms with Crippen LogP contribution in [0.15, 0.2) is 25.3 Å². The third-order valence-electron chi connectivity index (χ3n) is 5.10. The van der Waals surface area contributed by atoms with Crippen LogP contribution in [0.3, 0.4) is 0 Å². The number of aliphatic hydroxyl groups excluding tert-OH is 1. The predicted octanol–water partition coefficient (Wildman–Crippen LogP) is -1.15. The first kappa shape index (κ1) is 19.0. The molecule has 4 aromatic rings. The lowest BCUT2D eigenvalue weighted by atomic mass is 10.1. The molecule has 30 heavy (non-hydrogen) atoms. The van der Waals surface area contributed by atoms with E-state index < -0.39 is 17.9 Å². The summed E-state index contributed by atoms with van der Waals surface area (Å²) in [6.45, 7) is 0.449. The third-order valence-corrected chi connectivity index (χ3v) is 5.38. The Labute approximate surface area is 173 Å². The van der Waals surface area contributed by atoms with E-state index in [-0.39, 0.29) is 24.1 Å². The van der Waals surface area contributed by atoms with Gasteiger partial charge in [-0.2, -0.15) is 0 Å². The summed E-state index contributed by atoms with van der Waals surface area (Å²) in [6.07, 6.45) is 3.65. The number of halogens is 1. The number of nitrogens with zero attached hydrogens (tertiary/aromatic N) is 8. The van der Waals surface area contributed by atoms with Crippen molar-refractivity contribution in [3.05, 3.63) is 30.5 Å². The summed E-state index contributed by atoms with van der Waals surface area (Å²) in [6, 6.07) is 0. The molecule has 5 rings (SSSR count). The monoisotopic (exact) mass is 432 g/mol. The lowest BCUT2D eigenvalue weighted by molar-refractivity contribution is -0.107. The minimum Gasteiger partial charge on any atom is -0.385 e. The Morgan fingerprint density at radius 3 is 2.77 bits per heavy atom. The molecule has 156 valence electrons. The van der Waals surface area contributed by atoms with Crippen molar-refractivity contribution in [2.75, 3.05) is 18.9 Å². The van der Waals surface area contributed by atoms with Crippen molar-refractivity contribution in [3.63, 3.8) is 0 Å². The molecule has 0 bridgehead atoms. The van der Waals surface area contributed by atoms with Gasteiger partial charge in [-0.3, -0.25) is 9.88 Å². The van der Waals surface area contributed by atoms with E-state index in [1.807, 2.05) is 0 Å². The van der Waals surface area contributed by atoms with Crippen LogP contribution in [0.2, 0.25) is 5.15 Å². The fraction of sp³-hybridized carbons (Fsp3) is 0.375. The van der Waals surface area contributed by atoms with E-state index in [2.05, 4.69) is 35.2 Å². The van der Waals surface area contributed by atoms with E-state index in [1.54, 1.807) is 10.9 Å². The number of hydrogen-bond donors (Lipinski definition) is 4. The maximum absolute atomic E-state index is 11.1. The second-order valence-electron chi connectivity index (χ2n) is 6.88. The van der Waals surface area contributed by atoms with E-state index in [9.17, 15) is 10.2 Å². The molecule has 0 saturated carbocycles. The van der Waals surface area contributed by atoms with Crippen LogP contribution in [0.4, 0.5) is 5.82 Å². The normalized spacial score (nSPS) is 24.2. The van der Waals surface area contributed by atoms with Crippen molar-refractivity contribution in [3.8, 4) is 0 Å². The zero-order valence-corrected chi connectivity index (χ0v) is 16.2. The van der Waals surface area contributed by atoms with Gasteiger partial charge in [0.25, 0.3) is 0 Å². The highest BCUT2D eigenvalue weighted by atomic mass is 35.5. The largest absolute Gasteiger partial charge is 0.385 e. The topological polar surface area (TPSA) is 175 Å². The van der Waals surface area contributed by atoms with Gasteiger partial charge in [-0.1, -0.05) is 11.6 Å². The van der Waals surface area contributed by atoms with Gasteiger partial charge in [0.1, 0.15) is 35.9 Å². The Kier molecular flexibility index (Phi) is 4.48. The standard InChI is InChI=1S/C16H17ClN10O3/c17-12-9-14(22-3-20-12)26(6-24-9)5-19-1-8-11(28)16(29,2-30-8)27-7-25-10-13(18)21-4-23-15(10)27/h3-4,6-8,11,19,28-29H,1-2,5H2,(H2,18,21,23). The highest BCUT2D eigenvalue weighted by Gasteiger charge is 2.50. The Morgan fingerprint density at radius 1 is 1.13 bits per heavy atom. The molecule has 3 atom stereocenters. The summed E-state index contributed by atoms with van der Waals surface area (Å²) in [5.74, 6) is 0.186. The van der Waals surface area contributed by atoms with Gasteiger partial charge in [-0.05, 0) is 0 Å². The summed E-state index contributed by atoms with van der Waals surface area (Å²) in [5, 5.41) is 25.3. The van der Waals surface area contributed by atoms with Gasteiger partial charge in [0.2, 0.25) is 0 Å². The van der Waals surface area contributed by atoms with Gasteiger partial charge < -0.3 is 25.3 Å². The van der Waals surface area contributed by atoms with Crippen molar-refractivity contribution in [2.24, 2.45) is 0 Å². The summed E-state index contributed by atoms with van der Waals surface area (Å²) >= 11 is 6.01. The Morgan fingerprint density at radius 2 is 1.90 bits per heavy atom. The van der Waals surface area contributed by atoms with Crippen molar-refractivity contribution in [2.45, 2.75) is 24.6 Å². The number of rotatable bonds is 5. The molecule has 5 N–H and O–H groups in total. The lowest BCUT2D eigenvalue weighted by Gasteiger charge is -2.28. The molecule has 0 radical (unpaired) electrons. The van der Waals surface area contributed by atoms with Gasteiger partial charge in [0.05, 0.1) is 25.9 Å². The van der Waals surface area contributed by atoms with Crippen molar-refractivity contribution >= 4 is 39.7 Å². The Hall–Kier alpha value is -2.97. The van der Waals surface area contributed by atoms with E-state index in [1.165, 1.54) is 23.5 Å². The molecule has 13 nitrogen and oxygen atoms in total. The zero-order valence-electron chi connectivity index (χ0n) is 15.4. The molecule has 1 aliphatic heterocycles. The first-order valence-electron chi connectivity index (χ1n) is 8.97. The molecular weight excluding hydrogens is 416 g/mol. The average molecular weight is 433 g/mol. The second kappa shape index (κ2) is 7.07. The predicted molar refractivity (Wildman–Crippen MR) is 104 cm³/mol. The summed E-state index contributed by atoms with van der Waals surface area (Å²) in [5.41, 5.74) is 5.78. The number of aromatic nitrogens is 8. The van der Waals surface area contributed by atoms with Gasteiger partial charge in [0, 0.05) is 6.54 Å². The number of anilines is 1. The van der Waals surface area contributed by atoms with E-state index >= 15 is 0 Å². The van der Waals surface area contributed by atoms with Crippen LogP contribution in [-0.4, -0.2) is 74.6 Å². The van der Waals surface area contributed by atoms with E-state index in [0.29, 0.717) is 29.0 Å². The minimum absolute atomic E-state index is 0.146. The number of imidazole rings is 2. The number of fused-ring (bicyclic) bond motifs is 2. The number of nitrogen functional groups attached to an aromatic ring is 1. The maximum Gasteiger partial charge on any atom is 0.197 e. The van der Waals surface area contributed by atoms with Crippen LogP contribution in [0, 0.1) is 0 Å². The molecule has 0 aliphatic carbocycles. The molecule has 0 amide bonds. The smallest absolute Gasteiger partial charge is 0.197 e. The molecule has 1 saturated heterocycles. The van der Waals surface area contributed by atoms with Crippen LogP contribution in [-0.2, 0) is 17.1 Å². The van der Waals surface area contributed by atoms with Gasteiger partial charge in [-0.25, -0.2) is 29.9 Å². The summed E-state index contributed by atoms with van der Waals surface area (Å²) < 4.78 is 8.76. The zero-order chi connectivity index (χ0) is 20.9.